The Morgan fingerprint density at radius 2 is 1.96 bits per heavy atom. The monoisotopic (exact) mass is 314 g/mol. The van der Waals surface area contributed by atoms with Gasteiger partial charge in [-0.1, -0.05) is 6.07 Å². The third-order valence-electron chi connectivity index (χ3n) is 3.99. The molecule has 8 nitrogen and oxygen atoms in total. The zero-order chi connectivity index (χ0) is 16.6. The number of nitrogens with one attached hydrogen (secondary N) is 1. The Bertz CT molecular complexity index is 954. The molecule has 0 fully saturated rings. The average molecular weight is 314 g/mol. The molecule has 0 aliphatic heterocycles. The molecule has 3 aromatic heterocycles. The van der Waals surface area contributed by atoms with Crippen LogP contribution in [-0.4, -0.2) is 30.7 Å². The number of hydrogen-bond donors (Lipinski definition) is 1. The van der Waals surface area contributed by atoms with E-state index in [4.69, 9.17) is 0 Å². The molecule has 0 aliphatic carbocycles. The number of aromatic nitrogens is 5. The van der Waals surface area contributed by atoms with Crippen LogP contribution in [0.25, 0.3) is 11.2 Å². The summed E-state index contributed by atoms with van der Waals surface area (Å²) in [6.45, 7) is 0.484. The van der Waals surface area contributed by atoms with E-state index in [1.54, 1.807) is 24.1 Å². The molecule has 0 radical (unpaired) electrons. The molecule has 0 amide bonds. The average Bonchev–Trinajstić information content (AvgIpc) is 3.00. The van der Waals surface area contributed by atoms with Gasteiger partial charge in [0, 0.05) is 26.8 Å². The second kappa shape index (κ2) is 5.81. The topological polar surface area (TPSA) is 86.7 Å². The van der Waals surface area contributed by atoms with Gasteiger partial charge in [-0.3, -0.25) is 18.9 Å². The van der Waals surface area contributed by atoms with Gasteiger partial charge in [0.05, 0.1) is 18.1 Å². The molecule has 3 rings (SSSR count). The Balaban J connectivity index is 2.11. The predicted molar refractivity (Wildman–Crippen MR) is 86.3 cm³/mol. The first kappa shape index (κ1) is 15.2. The van der Waals surface area contributed by atoms with Crippen LogP contribution in [0.4, 0.5) is 0 Å². The van der Waals surface area contributed by atoms with Gasteiger partial charge in [0.1, 0.15) is 0 Å². The third kappa shape index (κ3) is 2.46. The highest BCUT2D eigenvalue weighted by molar-refractivity contribution is 5.69. The van der Waals surface area contributed by atoms with E-state index in [9.17, 15) is 9.59 Å². The maximum atomic E-state index is 12.4. The highest BCUT2D eigenvalue weighted by atomic mass is 16.2. The predicted octanol–water partition coefficient (Wildman–Crippen LogP) is -0.211. The first-order chi connectivity index (χ1) is 11.0. The summed E-state index contributed by atoms with van der Waals surface area (Å²) in [6.07, 6.45) is 3.31. The van der Waals surface area contributed by atoms with Crippen molar-refractivity contribution >= 4 is 11.2 Å². The number of hydrogen-bond acceptors (Lipinski definition) is 5. The fraction of sp³-hybridized carbons (Fsp3) is 0.333. The lowest BCUT2D eigenvalue weighted by Crippen LogP contribution is -2.37. The molecular weight excluding hydrogens is 296 g/mol. The number of nitrogens with zero attached hydrogens (tertiary/aromatic N) is 5. The van der Waals surface area contributed by atoms with Crippen LogP contribution in [0.1, 0.15) is 11.7 Å². The summed E-state index contributed by atoms with van der Waals surface area (Å²) in [6, 6.07) is 5.62. The second-order valence-electron chi connectivity index (χ2n) is 5.37. The molecular formula is C15H18N6O2. The fourth-order valence-electron chi connectivity index (χ4n) is 2.65. The molecule has 1 atom stereocenters. The zero-order valence-corrected chi connectivity index (χ0v) is 13.2. The van der Waals surface area contributed by atoms with E-state index in [0.29, 0.717) is 17.7 Å². The van der Waals surface area contributed by atoms with E-state index >= 15 is 0 Å². The summed E-state index contributed by atoms with van der Waals surface area (Å²) in [5, 5.41) is 3.19. The highest BCUT2D eigenvalue weighted by Crippen LogP contribution is 2.14. The Kier molecular flexibility index (Phi) is 3.83. The maximum absolute atomic E-state index is 12.4. The van der Waals surface area contributed by atoms with Gasteiger partial charge in [0.25, 0.3) is 5.56 Å². The van der Waals surface area contributed by atoms with E-state index in [1.165, 1.54) is 11.6 Å². The lowest BCUT2D eigenvalue weighted by Gasteiger charge is -2.16. The summed E-state index contributed by atoms with van der Waals surface area (Å²) in [7, 11) is 4.91. The van der Waals surface area contributed by atoms with Crippen molar-refractivity contribution in [1.82, 2.24) is 29.0 Å². The van der Waals surface area contributed by atoms with Gasteiger partial charge in [-0.15, -0.1) is 0 Å². The van der Waals surface area contributed by atoms with Crippen molar-refractivity contribution < 1.29 is 0 Å². The molecule has 0 saturated carbocycles. The first-order valence-electron chi connectivity index (χ1n) is 7.23. The minimum absolute atomic E-state index is 0.0736. The van der Waals surface area contributed by atoms with Crippen LogP contribution in [-0.2, 0) is 20.6 Å². The smallest absolute Gasteiger partial charge is 0.323 e. The summed E-state index contributed by atoms with van der Waals surface area (Å²) < 4.78 is 4.23. The van der Waals surface area contributed by atoms with Crippen LogP contribution in [0.3, 0.4) is 0 Å². The van der Waals surface area contributed by atoms with Crippen LogP contribution in [0.15, 0.2) is 40.3 Å². The van der Waals surface area contributed by atoms with Crippen molar-refractivity contribution in [2.24, 2.45) is 14.1 Å². The standard InChI is InChI=1S/C15H18N6O2/c1-16-11(10-6-4-5-7-17-10)8-21-9-18-13-12(21)14(22)20(3)15(23)19(13)2/h4-7,9,11,16H,8H2,1-3H3. The van der Waals surface area contributed by atoms with Crippen LogP contribution < -0.4 is 16.6 Å². The fourth-order valence-corrected chi connectivity index (χ4v) is 2.65. The summed E-state index contributed by atoms with van der Waals surface area (Å²) in [4.78, 5) is 33.0. The molecule has 0 aromatic carbocycles. The maximum Gasteiger partial charge on any atom is 0.332 e. The van der Waals surface area contributed by atoms with E-state index in [2.05, 4.69) is 15.3 Å². The quantitative estimate of drug-likeness (QED) is 0.720. The van der Waals surface area contributed by atoms with Gasteiger partial charge in [0.2, 0.25) is 0 Å². The Hall–Kier alpha value is -2.74. The zero-order valence-electron chi connectivity index (χ0n) is 13.2. The molecule has 3 heterocycles. The molecule has 8 heteroatoms. The van der Waals surface area contributed by atoms with Crippen molar-refractivity contribution in [2.75, 3.05) is 7.05 Å². The van der Waals surface area contributed by atoms with Gasteiger partial charge in [-0.05, 0) is 19.2 Å². The molecule has 0 bridgehead atoms. The number of rotatable bonds is 4. The lowest BCUT2D eigenvalue weighted by molar-refractivity contribution is 0.495. The number of aryl methyl sites for hydroxylation is 1. The summed E-state index contributed by atoms with van der Waals surface area (Å²) >= 11 is 0. The molecule has 23 heavy (non-hydrogen) atoms. The summed E-state index contributed by atoms with van der Waals surface area (Å²) in [5.74, 6) is 0. The number of pyridine rings is 1. The number of imidazole rings is 1. The van der Waals surface area contributed by atoms with Gasteiger partial charge < -0.3 is 9.88 Å². The van der Waals surface area contributed by atoms with Gasteiger partial charge >= 0.3 is 5.69 Å². The van der Waals surface area contributed by atoms with Crippen molar-refractivity contribution in [3.8, 4) is 0 Å². The number of likely N-dealkylation sites (N-methyl/N-ethyl adjacent to an activating group) is 1. The van der Waals surface area contributed by atoms with E-state index < -0.39 is 0 Å². The van der Waals surface area contributed by atoms with Crippen LogP contribution in [0, 0.1) is 0 Å². The minimum atomic E-state index is -0.386. The Morgan fingerprint density at radius 1 is 1.17 bits per heavy atom. The van der Waals surface area contributed by atoms with Crippen LogP contribution in [0.5, 0.6) is 0 Å². The highest BCUT2D eigenvalue weighted by Gasteiger charge is 2.17. The van der Waals surface area contributed by atoms with Crippen molar-refractivity contribution in [2.45, 2.75) is 12.6 Å². The largest absolute Gasteiger partial charge is 0.332 e. The molecule has 120 valence electrons. The molecule has 0 saturated heterocycles. The third-order valence-corrected chi connectivity index (χ3v) is 3.99. The van der Waals surface area contributed by atoms with Gasteiger partial charge in [-0.25, -0.2) is 9.78 Å². The molecule has 1 N–H and O–H groups in total. The van der Waals surface area contributed by atoms with Crippen molar-refractivity contribution in [3.63, 3.8) is 0 Å². The van der Waals surface area contributed by atoms with Crippen molar-refractivity contribution in [1.29, 1.82) is 0 Å². The molecule has 1 unspecified atom stereocenters. The van der Waals surface area contributed by atoms with Gasteiger partial charge in [0.15, 0.2) is 11.2 Å². The SMILES string of the molecule is CNC(Cn1cnc2c1c(=O)n(C)c(=O)n2C)c1ccccn1. The number of fused-ring (bicyclic) bond motifs is 1. The minimum Gasteiger partial charge on any atom is -0.323 e. The van der Waals surface area contributed by atoms with Crippen molar-refractivity contribution in [3.05, 3.63) is 57.3 Å². The molecule has 0 spiro atoms. The molecule has 3 aromatic rings. The van der Waals surface area contributed by atoms with Gasteiger partial charge in [-0.2, -0.15) is 0 Å². The lowest BCUT2D eigenvalue weighted by atomic mass is 10.2. The van der Waals surface area contributed by atoms with E-state index in [1.807, 2.05) is 25.2 Å². The summed E-state index contributed by atoms with van der Waals surface area (Å²) in [5.41, 5.74) is 0.928. The van der Waals surface area contributed by atoms with E-state index in [-0.39, 0.29) is 17.3 Å². The molecule has 0 aliphatic rings. The first-order valence-corrected chi connectivity index (χ1v) is 7.23. The van der Waals surface area contributed by atoms with Crippen LogP contribution >= 0.6 is 0 Å². The second-order valence-corrected chi connectivity index (χ2v) is 5.37. The van der Waals surface area contributed by atoms with Crippen LogP contribution in [0.2, 0.25) is 0 Å². The van der Waals surface area contributed by atoms with E-state index in [0.717, 1.165) is 10.3 Å². The Labute approximate surface area is 132 Å². The normalized spacial score (nSPS) is 12.7. The Morgan fingerprint density at radius 3 is 2.61 bits per heavy atom.